The van der Waals surface area contributed by atoms with Gasteiger partial charge in [0.15, 0.2) is 0 Å². The van der Waals surface area contributed by atoms with Crippen LogP contribution in [0.25, 0.3) is 0 Å². The average molecular weight is 308 g/mol. The summed E-state index contributed by atoms with van der Waals surface area (Å²) in [6.45, 7) is 4.65. The summed E-state index contributed by atoms with van der Waals surface area (Å²) < 4.78 is 5.71. The van der Waals surface area contributed by atoms with Crippen molar-refractivity contribution < 1.29 is 4.74 Å². The van der Waals surface area contributed by atoms with E-state index in [9.17, 15) is 0 Å². The molecule has 0 aliphatic carbocycles. The van der Waals surface area contributed by atoms with Crippen LogP contribution in [0.2, 0.25) is 5.02 Å². The van der Waals surface area contributed by atoms with E-state index in [1.165, 1.54) is 15.3 Å². The third-order valence-corrected chi connectivity index (χ3v) is 4.95. The topological polar surface area (TPSA) is 21.3 Å². The molecule has 0 atom stereocenters. The second kappa shape index (κ2) is 6.17. The molecule has 1 aliphatic heterocycles. The zero-order valence-corrected chi connectivity index (χ0v) is 13.1. The van der Waals surface area contributed by atoms with E-state index in [0.29, 0.717) is 0 Å². The molecule has 2 aromatic rings. The number of nitrogens with one attached hydrogen (secondary N) is 1. The lowest BCUT2D eigenvalue weighted by molar-refractivity contribution is 0.352. The van der Waals surface area contributed by atoms with Crippen LogP contribution in [0.3, 0.4) is 0 Å². The molecule has 1 N–H and O–H groups in total. The minimum atomic E-state index is 0.771. The summed E-state index contributed by atoms with van der Waals surface area (Å²) in [5.74, 6) is 1.03. The maximum atomic E-state index is 6.17. The Bertz CT molecular complexity index is 609. The Kier molecular flexibility index (Phi) is 4.29. The van der Waals surface area contributed by atoms with Crippen molar-refractivity contribution in [3.63, 3.8) is 0 Å². The Morgan fingerprint density at radius 2 is 2.10 bits per heavy atom. The number of ether oxygens (including phenoxy) is 1. The first kappa shape index (κ1) is 13.9. The minimum absolute atomic E-state index is 0.771. The lowest BCUT2D eigenvalue weighted by Gasteiger charge is -2.09. The van der Waals surface area contributed by atoms with E-state index in [4.69, 9.17) is 16.3 Å². The highest BCUT2D eigenvalue weighted by atomic mass is 35.5. The minimum Gasteiger partial charge on any atom is -0.493 e. The molecule has 2 heterocycles. The summed E-state index contributed by atoms with van der Waals surface area (Å²) in [6.07, 6.45) is 2.08. The summed E-state index contributed by atoms with van der Waals surface area (Å²) in [6, 6.07) is 8.43. The van der Waals surface area contributed by atoms with Gasteiger partial charge in [0, 0.05) is 39.9 Å². The zero-order chi connectivity index (χ0) is 13.9. The van der Waals surface area contributed by atoms with Crippen LogP contribution in [0.4, 0.5) is 0 Å². The predicted octanol–water partition coefficient (Wildman–Crippen LogP) is 4.19. The Hall–Kier alpha value is -1.03. The van der Waals surface area contributed by atoms with Crippen LogP contribution >= 0.6 is 22.9 Å². The van der Waals surface area contributed by atoms with E-state index in [2.05, 4.69) is 24.4 Å². The van der Waals surface area contributed by atoms with Crippen molar-refractivity contribution in [2.24, 2.45) is 0 Å². The first-order valence-corrected chi connectivity index (χ1v) is 8.18. The van der Waals surface area contributed by atoms with Crippen LogP contribution in [-0.4, -0.2) is 6.61 Å². The molecule has 0 saturated heterocycles. The number of hydrogen-bond donors (Lipinski definition) is 1. The lowest BCUT2D eigenvalue weighted by Crippen LogP contribution is -2.12. The third-order valence-electron chi connectivity index (χ3n) is 3.51. The highest BCUT2D eigenvalue weighted by molar-refractivity contribution is 7.11. The predicted molar refractivity (Wildman–Crippen MR) is 84.9 cm³/mol. The second-order valence-corrected chi connectivity index (χ2v) is 6.67. The van der Waals surface area contributed by atoms with Crippen LogP contribution in [0.1, 0.15) is 27.8 Å². The van der Waals surface area contributed by atoms with E-state index in [1.54, 1.807) is 0 Å². The molecule has 2 nitrogen and oxygen atoms in total. The van der Waals surface area contributed by atoms with Gasteiger partial charge in [-0.15, -0.1) is 11.3 Å². The normalized spacial score (nSPS) is 13.3. The van der Waals surface area contributed by atoms with E-state index < -0.39 is 0 Å². The number of aryl methyl sites for hydroxylation is 1. The maximum Gasteiger partial charge on any atom is 0.127 e. The molecule has 0 unspecified atom stereocenters. The molecule has 0 bridgehead atoms. The van der Waals surface area contributed by atoms with Gasteiger partial charge in [0.1, 0.15) is 5.75 Å². The van der Waals surface area contributed by atoms with Crippen LogP contribution in [0.15, 0.2) is 24.3 Å². The van der Waals surface area contributed by atoms with Gasteiger partial charge in [0.25, 0.3) is 0 Å². The molecule has 0 fully saturated rings. The molecule has 0 radical (unpaired) electrons. The van der Waals surface area contributed by atoms with Crippen molar-refractivity contribution >= 4 is 22.9 Å². The van der Waals surface area contributed by atoms with Gasteiger partial charge in [0.2, 0.25) is 0 Å². The molecule has 1 aromatic heterocycles. The highest BCUT2D eigenvalue weighted by Gasteiger charge is 2.17. The molecule has 1 aliphatic rings. The first-order valence-electron chi connectivity index (χ1n) is 6.98. The van der Waals surface area contributed by atoms with E-state index >= 15 is 0 Å². The number of rotatable bonds is 5. The number of benzene rings is 1. The van der Waals surface area contributed by atoms with Crippen LogP contribution in [-0.2, 0) is 25.9 Å². The number of thiophene rings is 1. The number of fused-ring (bicyclic) bond motifs is 1. The fraction of sp³-hybridized carbons (Fsp3) is 0.375. The summed E-state index contributed by atoms with van der Waals surface area (Å²) in [5.41, 5.74) is 2.40. The fourth-order valence-corrected chi connectivity index (χ4v) is 3.70. The second-order valence-electron chi connectivity index (χ2n) is 4.98. The summed E-state index contributed by atoms with van der Waals surface area (Å²) in [7, 11) is 0. The van der Waals surface area contributed by atoms with Crippen LogP contribution in [0, 0.1) is 0 Å². The van der Waals surface area contributed by atoms with Crippen molar-refractivity contribution in [3.05, 3.63) is 50.2 Å². The molecule has 0 spiro atoms. The zero-order valence-electron chi connectivity index (χ0n) is 11.5. The molecule has 0 amide bonds. The molecule has 1 aromatic carbocycles. The molecular formula is C16H18ClNOS. The summed E-state index contributed by atoms with van der Waals surface area (Å²) in [4.78, 5) is 2.82. The van der Waals surface area contributed by atoms with Crippen molar-refractivity contribution in [2.45, 2.75) is 32.9 Å². The number of halogens is 1. The van der Waals surface area contributed by atoms with E-state index in [1.807, 2.05) is 23.5 Å². The third kappa shape index (κ3) is 3.00. The Morgan fingerprint density at radius 1 is 1.25 bits per heavy atom. The summed E-state index contributed by atoms with van der Waals surface area (Å²) in [5, 5.41) is 4.29. The highest BCUT2D eigenvalue weighted by Crippen LogP contribution is 2.32. The van der Waals surface area contributed by atoms with Crippen molar-refractivity contribution in [2.75, 3.05) is 6.61 Å². The molecule has 4 heteroatoms. The van der Waals surface area contributed by atoms with Gasteiger partial charge in [-0.1, -0.05) is 18.5 Å². The molecule has 3 rings (SSSR count). The van der Waals surface area contributed by atoms with Gasteiger partial charge in [-0.3, -0.25) is 0 Å². The van der Waals surface area contributed by atoms with Crippen molar-refractivity contribution in [3.8, 4) is 5.75 Å². The molecular weight excluding hydrogens is 290 g/mol. The lowest BCUT2D eigenvalue weighted by atomic mass is 10.1. The fourth-order valence-electron chi connectivity index (χ4n) is 2.51. The maximum absolute atomic E-state index is 6.17. The average Bonchev–Trinajstić information content (AvgIpc) is 3.06. The number of hydrogen-bond acceptors (Lipinski definition) is 3. The van der Waals surface area contributed by atoms with Gasteiger partial charge < -0.3 is 10.1 Å². The molecule has 106 valence electrons. The van der Waals surface area contributed by atoms with Crippen molar-refractivity contribution in [1.82, 2.24) is 5.32 Å². The van der Waals surface area contributed by atoms with Gasteiger partial charge in [0.05, 0.1) is 6.61 Å². The Labute approximate surface area is 128 Å². The SMILES string of the molecule is CCc1ccc(CNCc2cc(Cl)cc3c2OCC3)s1. The van der Waals surface area contributed by atoms with Gasteiger partial charge in [-0.2, -0.15) is 0 Å². The van der Waals surface area contributed by atoms with E-state index in [0.717, 1.165) is 48.9 Å². The van der Waals surface area contributed by atoms with Crippen LogP contribution < -0.4 is 10.1 Å². The Balaban J connectivity index is 1.64. The standard InChI is InChI=1S/C16H18ClNOS/c1-2-14-3-4-15(20-14)10-18-9-12-8-13(17)7-11-5-6-19-16(11)12/h3-4,7-8,18H,2,5-6,9-10H2,1H3. The Morgan fingerprint density at radius 3 is 2.90 bits per heavy atom. The van der Waals surface area contributed by atoms with Gasteiger partial charge in [-0.05, 0) is 36.2 Å². The van der Waals surface area contributed by atoms with Crippen molar-refractivity contribution in [1.29, 1.82) is 0 Å². The first-order chi connectivity index (χ1) is 9.76. The van der Waals surface area contributed by atoms with Gasteiger partial charge >= 0.3 is 0 Å². The van der Waals surface area contributed by atoms with E-state index in [-0.39, 0.29) is 0 Å². The smallest absolute Gasteiger partial charge is 0.127 e. The molecule has 20 heavy (non-hydrogen) atoms. The molecule has 0 saturated carbocycles. The monoisotopic (exact) mass is 307 g/mol. The quantitative estimate of drug-likeness (QED) is 0.894. The van der Waals surface area contributed by atoms with Crippen LogP contribution in [0.5, 0.6) is 5.75 Å². The largest absolute Gasteiger partial charge is 0.493 e. The van der Waals surface area contributed by atoms with Gasteiger partial charge in [-0.25, -0.2) is 0 Å². The summed E-state index contributed by atoms with van der Waals surface area (Å²) >= 11 is 8.04.